The first-order valence-corrected chi connectivity index (χ1v) is 12.6. The minimum atomic E-state index is -1.01. The Labute approximate surface area is 218 Å². The summed E-state index contributed by atoms with van der Waals surface area (Å²) in [6.07, 6.45) is 0. The van der Waals surface area contributed by atoms with Gasteiger partial charge in [-0.25, -0.2) is 9.78 Å². The fourth-order valence-corrected chi connectivity index (χ4v) is 4.81. The highest BCUT2D eigenvalue weighted by atomic mass is 32.2. The van der Waals surface area contributed by atoms with E-state index in [0.29, 0.717) is 10.8 Å². The third-order valence-electron chi connectivity index (χ3n) is 5.70. The van der Waals surface area contributed by atoms with Gasteiger partial charge in [0, 0.05) is 22.5 Å². The zero-order valence-corrected chi connectivity index (χ0v) is 20.6. The molecule has 0 spiro atoms. The highest BCUT2D eigenvalue weighted by Gasteiger charge is 2.22. The highest BCUT2D eigenvalue weighted by molar-refractivity contribution is 7.99. The molecule has 0 fully saturated rings. The number of rotatable bonds is 8. The maximum Gasteiger partial charge on any atom is 0.335 e. The molecule has 0 bridgehead atoms. The van der Waals surface area contributed by atoms with Gasteiger partial charge in [-0.05, 0) is 36.4 Å². The van der Waals surface area contributed by atoms with E-state index < -0.39 is 5.97 Å². The number of nitrogens with zero attached hydrogens (tertiary/aromatic N) is 2. The minimum Gasteiger partial charge on any atom is -0.478 e. The van der Waals surface area contributed by atoms with E-state index in [4.69, 9.17) is 10.1 Å². The SMILES string of the molecule is O=C(CSc1nc(-c2ccccc2)c(-c2ccccc2)n1-c1ccccc1)Nc1ccc(C(=O)O)cc1. The van der Waals surface area contributed by atoms with Gasteiger partial charge < -0.3 is 10.4 Å². The maximum atomic E-state index is 12.8. The monoisotopic (exact) mass is 505 g/mol. The molecule has 1 amide bonds. The number of hydrogen-bond donors (Lipinski definition) is 2. The second-order valence-corrected chi connectivity index (χ2v) is 9.16. The number of anilines is 1. The van der Waals surface area contributed by atoms with E-state index in [9.17, 15) is 9.59 Å². The number of benzene rings is 4. The van der Waals surface area contributed by atoms with Crippen LogP contribution in [0.1, 0.15) is 10.4 Å². The van der Waals surface area contributed by atoms with Gasteiger partial charge in [-0.1, -0.05) is 90.6 Å². The average Bonchev–Trinajstić information content (AvgIpc) is 3.33. The molecule has 0 atom stereocenters. The standard InChI is InChI=1S/C30H23N3O3S/c34-26(31-24-18-16-23(17-19-24)29(35)36)20-37-30-32-27(21-10-4-1-5-11-21)28(22-12-6-2-7-13-22)33(30)25-14-8-3-9-15-25/h1-19H,20H2,(H,31,34)(H,35,36). The van der Waals surface area contributed by atoms with E-state index in [1.165, 1.54) is 23.9 Å². The van der Waals surface area contributed by atoms with Crippen LogP contribution in [0.15, 0.2) is 120 Å². The fourth-order valence-electron chi connectivity index (χ4n) is 4.00. The van der Waals surface area contributed by atoms with Crippen molar-refractivity contribution >= 4 is 29.3 Å². The lowest BCUT2D eigenvalue weighted by Gasteiger charge is -2.13. The molecule has 37 heavy (non-hydrogen) atoms. The number of hydrogen-bond acceptors (Lipinski definition) is 4. The zero-order chi connectivity index (χ0) is 25.6. The van der Waals surface area contributed by atoms with Crippen LogP contribution in [-0.4, -0.2) is 32.3 Å². The van der Waals surface area contributed by atoms with Gasteiger partial charge in [-0.2, -0.15) is 0 Å². The summed E-state index contributed by atoms with van der Waals surface area (Å²) in [5.41, 5.74) is 5.45. The van der Waals surface area contributed by atoms with Crippen molar-refractivity contribution in [3.05, 3.63) is 121 Å². The summed E-state index contributed by atoms with van der Waals surface area (Å²) in [6, 6.07) is 36.2. The van der Waals surface area contributed by atoms with E-state index in [1.807, 2.05) is 78.9 Å². The molecule has 0 aliphatic carbocycles. The molecule has 5 rings (SSSR count). The Morgan fingerprint density at radius 3 is 1.92 bits per heavy atom. The second kappa shape index (κ2) is 11.0. The Kier molecular flexibility index (Phi) is 7.14. The average molecular weight is 506 g/mol. The number of imidazole rings is 1. The van der Waals surface area contributed by atoms with Crippen LogP contribution in [0.5, 0.6) is 0 Å². The van der Waals surface area contributed by atoms with E-state index in [-0.39, 0.29) is 17.2 Å². The van der Waals surface area contributed by atoms with Crippen molar-refractivity contribution in [2.75, 3.05) is 11.1 Å². The normalized spacial score (nSPS) is 10.7. The van der Waals surface area contributed by atoms with Crippen molar-refractivity contribution in [1.82, 2.24) is 9.55 Å². The number of nitrogens with one attached hydrogen (secondary N) is 1. The van der Waals surface area contributed by atoms with Gasteiger partial charge in [-0.15, -0.1) is 0 Å². The predicted octanol–water partition coefficient (Wildman–Crippen LogP) is 6.64. The van der Waals surface area contributed by atoms with Crippen LogP contribution in [-0.2, 0) is 4.79 Å². The lowest BCUT2D eigenvalue weighted by molar-refractivity contribution is -0.113. The molecule has 5 aromatic rings. The first-order valence-electron chi connectivity index (χ1n) is 11.6. The molecule has 4 aromatic carbocycles. The Bertz CT molecular complexity index is 1520. The molecule has 6 nitrogen and oxygen atoms in total. The molecule has 0 aliphatic heterocycles. The summed E-state index contributed by atoms with van der Waals surface area (Å²) in [5, 5.41) is 12.6. The number of aromatic nitrogens is 2. The van der Waals surface area contributed by atoms with E-state index >= 15 is 0 Å². The molecule has 2 N–H and O–H groups in total. The molecule has 0 saturated heterocycles. The Hall–Kier alpha value is -4.62. The van der Waals surface area contributed by atoms with Gasteiger partial charge in [0.15, 0.2) is 5.16 Å². The van der Waals surface area contributed by atoms with Crippen LogP contribution in [0, 0.1) is 0 Å². The molecular weight excluding hydrogens is 482 g/mol. The van der Waals surface area contributed by atoms with Gasteiger partial charge in [0.1, 0.15) is 0 Å². The number of carboxylic acids is 1. The lowest BCUT2D eigenvalue weighted by atomic mass is 10.0. The van der Waals surface area contributed by atoms with Gasteiger partial charge in [0.05, 0.1) is 22.7 Å². The van der Waals surface area contributed by atoms with Crippen LogP contribution in [0.3, 0.4) is 0 Å². The Morgan fingerprint density at radius 1 is 0.757 bits per heavy atom. The number of carbonyl (C=O) groups excluding carboxylic acids is 1. The number of carbonyl (C=O) groups is 2. The summed E-state index contributed by atoms with van der Waals surface area (Å²) in [6.45, 7) is 0. The molecule has 0 saturated carbocycles. The zero-order valence-electron chi connectivity index (χ0n) is 19.7. The maximum absolute atomic E-state index is 12.8. The van der Waals surface area contributed by atoms with Gasteiger partial charge in [0.25, 0.3) is 0 Å². The van der Waals surface area contributed by atoms with E-state index in [2.05, 4.69) is 22.0 Å². The lowest BCUT2D eigenvalue weighted by Crippen LogP contribution is -2.14. The molecule has 0 aliphatic rings. The number of amides is 1. The molecule has 0 unspecified atom stereocenters. The predicted molar refractivity (Wildman–Crippen MR) is 147 cm³/mol. The Morgan fingerprint density at radius 2 is 1.32 bits per heavy atom. The van der Waals surface area contributed by atoms with Crippen molar-refractivity contribution in [2.24, 2.45) is 0 Å². The van der Waals surface area contributed by atoms with Crippen LogP contribution >= 0.6 is 11.8 Å². The summed E-state index contributed by atoms with van der Waals surface area (Å²) >= 11 is 1.35. The van der Waals surface area contributed by atoms with Crippen LogP contribution in [0.25, 0.3) is 28.2 Å². The molecule has 7 heteroatoms. The molecular formula is C30H23N3O3S. The molecule has 1 aromatic heterocycles. The van der Waals surface area contributed by atoms with Gasteiger partial charge >= 0.3 is 5.97 Å². The quantitative estimate of drug-likeness (QED) is 0.231. The first kappa shape index (κ1) is 24.1. The van der Waals surface area contributed by atoms with Gasteiger partial charge in [0.2, 0.25) is 5.91 Å². The number of aromatic carboxylic acids is 1. The van der Waals surface area contributed by atoms with Crippen LogP contribution in [0.2, 0.25) is 0 Å². The van der Waals surface area contributed by atoms with Crippen LogP contribution < -0.4 is 5.32 Å². The van der Waals surface area contributed by atoms with Crippen LogP contribution in [0.4, 0.5) is 5.69 Å². The van der Waals surface area contributed by atoms with Crippen molar-refractivity contribution < 1.29 is 14.7 Å². The largest absolute Gasteiger partial charge is 0.478 e. The summed E-state index contributed by atoms with van der Waals surface area (Å²) in [4.78, 5) is 28.9. The fraction of sp³-hybridized carbons (Fsp3) is 0.0333. The minimum absolute atomic E-state index is 0.132. The second-order valence-electron chi connectivity index (χ2n) is 8.21. The highest BCUT2D eigenvalue weighted by Crippen LogP contribution is 2.38. The number of para-hydroxylation sites is 1. The smallest absolute Gasteiger partial charge is 0.335 e. The van der Waals surface area contributed by atoms with Gasteiger partial charge in [-0.3, -0.25) is 9.36 Å². The van der Waals surface area contributed by atoms with Crippen molar-refractivity contribution in [3.63, 3.8) is 0 Å². The van der Waals surface area contributed by atoms with Crippen molar-refractivity contribution in [2.45, 2.75) is 5.16 Å². The van der Waals surface area contributed by atoms with E-state index in [1.54, 1.807) is 12.1 Å². The first-order chi connectivity index (χ1) is 18.1. The van der Waals surface area contributed by atoms with Crippen molar-refractivity contribution in [1.29, 1.82) is 0 Å². The topological polar surface area (TPSA) is 84.2 Å². The summed E-state index contributed by atoms with van der Waals surface area (Å²) < 4.78 is 2.09. The molecule has 182 valence electrons. The number of carboxylic acid groups (broad SMARTS) is 1. The Balaban J connectivity index is 1.51. The molecule has 1 heterocycles. The van der Waals surface area contributed by atoms with E-state index in [0.717, 1.165) is 28.2 Å². The number of thioether (sulfide) groups is 1. The summed E-state index contributed by atoms with van der Waals surface area (Å²) in [5.74, 6) is -1.09. The third kappa shape index (κ3) is 5.47. The molecule has 0 radical (unpaired) electrons. The third-order valence-corrected chi connectivity index (χ3v) is 6.64. The summed E-state index contributed by atoms with van der Waals surface area (Å²) in [7, 11) is 0. The van der Waals surface area contributed by atoms with Crippen molar-refractivity contribution in [3.8, 4) is 28.2 Å².